The molecule has 5 unspecified atom stereocenters. The van der Waals surface area contributed by atoms with E-state index < -0.39 is 71.6 Å². The average molecular weight is 1990 g/mol. The Morgan fingerprint density at radius 2 is 0.654 bits per heavy atom. The van der Waals surface area contributed by atoms with Gasteiger partial charge in [0.2, 0.25) is 35.4 Å². The molecule has 5 atom stereocenters. The van der Waals surface area contributed by atoms with Gasteiger partial charge in [0.05, 0.1) is 109 Å². The van der Waals surface area contributed by atoms with E-state index in [9.17, 15) is 51.2 Å². The maximum atomic E-state index is 13.8. The first-order chi connectivity index (χ1) is 65.3. The van der Waals surface area contributed by atoms with Crippen LogP contribution in [-0.4, -0.2) is 162 Å². The van der Waals surface area contributed by atoms with Crippen molar-refractivity contribution < 1.29 is 96.1 Å². The number of hydrogen-bond acceptors (Lipinski definition) is 40. The molecule has 712 valence electrons. The summed E-state index contributed by atoms with van der Waals surface area (Å²) >= 11 is 6.08. The summed E-state index contributed by atoms with van der Waals surface area (Å²) < 4.78 is 167. The predicted molar refractivity (Wildman–Crippen MR) is 485 cm³/mol. The fourth-order valence-electron chi connectivity index (χ4n) is 13.6. The van der Waals surface area contributed by atoms with Crippen molar-refractivity contribution in [1.82, 2.24) is 97.6 Å². The number of imidazole rings is 5. The number of anilines is 5. The van der Waals surface area contributed by atoms with Crippen LogP contribution in [0.2, 0.25) is 5.02 Å². The van der Waals surface area contributed by atoms with Gasteiger partial charge in [-0.15, -0.1) is 0 Å². The molecule has 0 saturated carbocycles. The van der Waals surface area contributed by atoms with Gasteiger partial charge < -0.3 is 97.8 Å². The van der Waals surface area contributed by atoms with Gasteiger partial charge in [-0.1, -0.05) is 89.5 Å². The van der Waals surface area contributed by atoms with Crippen LogP contribution in [0.5, 0.6) is 28.7 Å². The highest BCUT2D eigenvalue weighted by Gasteiger charge is 2.39. The molecule has 51 nitrogen and oxygen atoms in total. The summed E-state index contributed by atoms with van der Waals surface area (Å²) in [5.74, 6) is 1.05. The third kappa shape index (κ3) is 22.4. The standard InChI is InChI=1S/C16H15N6O5P.2C16H18N5O5P.C15H15ClN5O5P.C15H15FN5O5P/c1-18-11-4-2-3-10-7-26-28(24,27-13(10)11)9-25-6-5-22-8-19-12-14(22)20-16(17)21-15(12)23;2*1-10-2-3-12-11(6-10)7-25-27(23,26-12)9-24-5-4-21-8-18-13-14(21)19-16(17)20-15(13)22;2*16-10-3-1-2-9-6-25-27(23,26-12(9)10)8-24-5-4-21-7-18-11-13(21)19-15(17)20-14(11)22/h2-4,8H,5-7,9H2,(H3,17,20,21,23);2*2-3,6,8H,4-5,7,9H2,1H3,(H3,17,19,20,22);2*1-3,7H,4-6,8H2,(H3,17,19,20,22). The van der Waals surface area contributed by atoms with Gasteiger partial charge in [-0.05, 0) is 38.1 Å². The topological polar surface area (TPSA) is 676 Å². The van der Waals surface area contributed by atoms with Crippen molar-refractivity contribution in [2.75, 3.05) is 93.4 Å². The number of halogens is 2. The number of ether oxygens (including phenoxy) is 5. The lowest BCUT2D eigenvalue weighted by Crippen LogP contribution is -2.15. The molecule has 0 saturated heterocycles. The zero-order chi connectivity index (χ0) is 95.8. The SMILES string of the molecule is Cc1ccc2c(c1)COP(=O)(COCCn1cnc3c(=O)[nH]c(N)nc31)O2.Cc1ccc2c(c1)COP(=O)(COCCn1cnc3c(=O)[nH]c(N)nc31)O2.Nc1nc2c(ncn2CCOCP2(=O)OCc3cccc(Cl)c3O2)c(=O)[nH]1.Nc1nc2c(ncn2CCOCP2(=O)OCc3cccc(F)c3O2)c(=O)[nH]1.[C-]#[N+]c1cccc2c1OP(=O)(COCCn1cnc3c(=O)[nH]c(N)nc31)OC2. The van der Waals surface area contributed by atoms with Crippen LogP contribution >= 0.6 is 49.6 Å². The largest absolute Gasteiger partial charge is 0.434 e. The molecule has 0 fully saturated rings. The summed E-state index contributed by atoms with van der Waals surface area (Å²) in [6.45, 7) is 14.2. The molecule has 0 aliphatic carbocycles. The molecule has 15 heterocycles. The summed E-state index contributed by atoms with van der Waals surface area (Å²) in [5, 5.41) is 0.370. The van der Waals surface area contributed by atoms with Gasteiger partial charge in [0.15, 0.2) is 105 Å². The van der Waals surface area contributed by atoms with Crippen LogP contribution in [0.15, 0.2) is 147 Å². The summed E-state index contributed by atoms with van der Waals surface area (Å²) in [7, 11) is -17.4. The monoisotopic (exact) mass is 1990 g/mol. The van der Waals surface area contributed by atoms with Crippen molar-refractivity contribution in [2.45, 2.75) is 79.6 Å². The third-order valence-corrected chi connectivity index (χ3v) is 27.8. The minimum Gasteiger partial charge on any atom is -0.434 e. The Hall–Kier alpha value is -13.7. The fourth-order valence-corrected chi connectivity index (χ4v) is 20.7. The van der Waals surface area contributed by atoms with E-state index in [2.05, 4.69) is 79.6 Å². The van der Waals surface area contributed by atoms with Gasteiger partial charge in [-0.2, -0.15) is 24.9 Å². The number of aromatic amines is 5. The molecular weight excluding hydrogens is 1910 g/mol. The zero-order valence-corrected chi connectivity index (χ0v) is 76.7. The normalized spacial score (nSPS) is 18.9. The fraction of sp³-hybridized carbons (Fsp3) is 0.282. The number of nitrogen functional groups attached to an aromatic ring is 5. The van der Waals surface area contributed by atoms with Crippen molar-refractivity contribution in [2.24, 2.45) is 0 Å². The minimum atomic E-state index is -3.62. The first-order valence-corrected chi connectivity index (χ1v) is 49.6. The number of hydrogen-bond donors (Lipinski definition) is 10. The first kappa shape index (κ1) is 95.5. The smallest absolute Gasteiger partial charge is 0.405 e. The number of aryl methyl sites for hydroxylation is 2. The molecule has 15 N–H and O–H groups in total. The lowest BCUT2D eigenvalue weighted by Gasteiger charge is -2.26. The maximum Gasteiger partial charge on any atom is 0.405 e. The Morgan fingerprint density at radius 3 is 0.978 bits per heavy atom. The minimum absolute atomic E-state index is 0.000782. The number of aromatic nitrogens is 20. The molecule has 0 bridgehead atoms. The van der Waals surface area contributed by atoms with E-state index in [1.807, 2.05) is 38.1 Å². The highest BCUT2D eigenvalue weighted by atomic mass is 35.5. The molecule has 5 aromatic carbocycles. The van der Waals surface area contributed by atoms with Gasteiger partial charge in [0, 0.05) is 60.5 Å². The molecule has 0 radical (unpaired) electrons. The second-order valence-electron chi connectivity index (χ2n) is 29.9. The summed E-state index contributed by atoms with van der Waals surface area (Å²) in [6, 6.07) is 25.9. The van der Waals surface area contributed by atoms with Crippen molar-refractivity contribution in [1.29, 1.82) is 0 Å². The average Bonchev–Trinajstić information content (AvgIpc) is 1.63. The number of nitrogens with zero attached hydrogens (tertiary/aromatic N) is 16. The Labute approximate surface area is 768 Å². The van der Waals surface area contributed by atoms with E-state index in [-0.39, 0.29) is 179 Å². The van der Waals surface area contributed by atoms with E-state index >= 15 is 0 Å². The van der Waals surface area contributed by atoms with Crippen LogP contribution in [-0.2, 0) is 135 Å². The first-order valence-electron chi connectivity index (χ1n) is 40.6. The summed E-state index contributed by atoms with van der Waals surface area (Å²) in [4.78, 5) is 114. The third-order valence-electron chi connectivity index (χ3n) is 20.1. The highest BCUT2D eigenvalue weighted by molar-refractivity contribution is 7.55. The van der Waals surface area contributed by atoms with Crippen molar-refractivity contribution >= 4 is 141 Å². The molecule has 0 amide bonds. The van der Waals surface area contributed by atoms with Crippen LogP contribution in [0.25, 0.3) is 60.7 Å². The predicted octanol–water partition coefficient (Wildman–Crippen LogP) is 9.35. The molecule has 5 aliphatic rings. The van der Waals surface area contributed by atoms with Gasteiger partial charge in [-0.3, -0.25) is 71.5 Å². The van der Waals surface area contributed by atoms with Gasteiger partial charge in [0.1, 0.15) is 17.2 Å². The van der Waals surface area contributed by atoms with Crippen molar-refractivity contribution in [3.8, 4) is 28.7 Å². The second-order valence-corrected chi connectivity index (χ2v) is 39.9. The quantitative estimate of drug-likeness (QED) is 0.0145. The van der Waals surface area contributed by atoms with Crippen LogP contribution in [0.1, 0.15) is 38.9 Å². The van der Waals surface area contributed by atoms with Gasteiger partial charge >= 0.3 is 38.0 Å². The van der Waals surface area contributed by atoms with Gasteiger partial charge in [-0.25, -0.2) is 57.0 Å². The number of fused-ring (bicyclic) bond motifs is 10. The molecule has 10 aromatic heterocycles. The highest BCUT2D eigenvalue weighted by Crippen LogP contribution is 2.59. The van der Waals surface area contributed by atoms with Gasteiger partial charge in [0.25, 0.3) is 27.8 Å². The van der Waals surface area contributed by atoms with Crippen molar-refractivity contribution in [3.05, 3.63) is 236 Å². The number of H-pyrrole nitrogens is 5. The van der Waals surface area contributed by atoms with E-state index in [0.717, 1.165) is 27.8 Å². The lowest BCUT2D eigenvalue weighted by molar-refractivity contribution is 0.131. The lowest BCUT2D eigenvalue weighted by atomic mass is 10.1. The molecule has 0 spiro atoms. The molecule has 58 heteroatoms. The van der Waals surface area contributed by atoms with E-state index in [1.165, 1.54) is 43.8 Å². The van der Waals surface area contributed by atoms with E-state index in [0.29, 0.717) is 87.8 Å². The number of nitrogens with two attached hydrogens (primary N) is 5. The van der Waals surface area contributed by atoms with E-state index in [1.54, 1.807) is 77.4 Å². The molecule has 136 heavy (non-hydrogen) atoms. The van der Waals surface area contributed by atoms with Crippen LogP contribution in [0.3, 0.4) is 0 Å². The Bertz CT molecular complexity index is 7350. The van der Waals surface area contributed by atoms with Crippen LogP contribution in [0, 0.1) is 26.2 Å². The van der Waals surface area contributed by atoms with Crippen LogP contribution < -0.4 is 79.1 Å². The second kappa shape index (κ2) is 40.9. The Morgan fingerprint density at radius 1 is 0.382 bits per heavy atom. The van der Waals surface area contributed by atoms with Crippen LogP contribution in [0.4, 0.5) is 39.8 Å². The number of para-hydroxylation sites is 3. The Balaban J connectivity index is 0.000000123. The Kier molecular flexibility index (Phi) is 28.7. The maximum absolute atomic E-state index is 13.8. The summed E-state index contributed by atoms with van der Waals surface area (Å²) in [5.41, 5.74) is 34.3. The molecule has 15 aromatic rings. The summed E-state index contributed by atoms with van der Waals surface area (Å²) in [6.07, 6.45) is 6.08. The number of benzene rings is 5. The molecule has 5 aliphatic heterocycles. The van der Waals surface area contributed by atoms with Crippen molar-refractivity contribution in [3.63, 3.8) is 0 Å². The zero-order valence-electron chi connectivity index (χ0n) is 71.4. The van der Waals surface area contributed by atoms with E-state index in [4.69, 9.17) is 116 Å². The molecule has 20 rings (SSSR count). The molecular formula is C78H81ClFN26O25P5. The number of nitrogens with one attached hydrogen (secondary N) is 5. The number of rotatable bonds is 25.